The lowest BCUT2D eigenvalue weighted by molar-refractivity contribution is -0.147. The molecule has 0 spiro atoms. The van der Waals surface area contributed by atoms with Crippen LogP contribution in [0.15, 0.2) is 53.6 Å². The molecule has 0 bridgehead atoms. The molecule has 1 heterocycles. The van der Waals surface area contributed by atoms with Crippen molar-refractivity contribution >= 4 is 18.4 Å². The zero-order valence-corrected chi connectivity index (χ0v) is 16.1. The first-order valence-electron chi connectivity index (χ1n) is 8.52. The zero-order chi connectivity index (χ0) is 20.9. The largest absolute Gasteiger partial charge is 0.493 e. The average molecular weight is 422 g/mol. The Morgan fingerprint density at radius 3 is 2.62 bits per heavy atom. The van der Waals surface area contributed by atoms with E-state index in [1.165, 1.54) is 13.3 Å². The lowest BCUT2D eigenvalue weighted by Crippen LogP contribution is -2.12. The Labute approximate surface area is 169 Å². The number of methoxy groups -OCH3 is 1. The third kappa shape index (κ3) is 5.23. The van der Waals surface area contributed by atoms with Gasteiger partial charge in [0.05, 0.1) is 19.9 Å². The van der Waals surface area contributed by atoms with Crippen LogP contribution >= 0.6 is 12.2 Å². The van der Waals surface area contributed by atoms with E-state index in [1.54, 1.807) is 18.2 Å². The molecular weight excluding hydrogens is 405 g/mol. The van der Waals surface area contributed by atoms with E-state index < -0.39 is 12.0 Å². The van der Waals surface area contributed by atoms with Crippen molar-refractivity contribution in [2.75, 3.05) is 13.7 Å². The summed E-state index contributed by atoms with van der Waals surface area (Å²) in [6.07, 6.45) is -2.72. The van der Waals surface area contributed by atoms with Gasteiger partial charge in [0.1, 0.15) is 0 Å². The molecule has 10 heteroatoms. The normalized spacial score (nSPS) is 11.7. The van der Waals surface area contributed by atoms with Crippen molar-refractivity contribution < 1.29 is 22.6 Å². The number of nitrogens with zero attached hydrogens (tertiary/aromatic N) is 3. The van der Waals surface area contributed by atoms with Gasteiger partial charge < -0.3 is 9.47 Å². The molecule has 3 aromatic rings. The summed E-state index contributed by atoms with van der Waals surface area (Å²) < 4.78 is 50.2. The quantitative estimate of drug-likeness (QED) is 0.451. The average Bonchev–Trinajstić information content (AvgIpc) is 3.08. The molecule has 152 valence electrons. The zero-order valence-electron chi connectivity index (χ0n) is 15.3. The summed E-state index contributed by atoms with van der Waals surface area (Å²) in [7, 11) is 1.48. The third-order valence-corrected chi connectivity index (χ3v) is 4.17. The number of aromatic nitrogens is 3. The van der Waals surface area contributed by atoms with Gasteiger partial charge in [0.15, 0.2) is 11.5 Å². The number of ether oxygens (including phenoxy) is 2. The van der Waals surface area contributed by atoms with Crippen LogP contribution in [0.25, 0.3) is 0 Å². The van der Waals surface area contributed by atoms with Crippen LogP contribution in [0, 0.1) is 4.77 Å². The lowest BCUT2D eigenvalue weighted by Gasteiger charge is -2.11. The van der Waals surface area contributed by atoms with E-state index in [-0.39, 0.29) is 4.77 Å². The Balaban J connectivity index is 1.73. The highest BCUT2D eigenvalue weighted by molar-refractivity contribution is 7.71. The van der Waals surface area contributed by atoms with Crippen LogP contribution in [-0.4, -0.2) is 34.8 Å². The molecule has 0 saturated carbocycles. The maximum atomic E-state index is 12.9. The molecule has 29 heavy (non-hydrogen) atoms. The van der Waals surface area contributed by atoms with E-state index in [0.29, 0.717) is 28.3 Å². The van der Waals surface area contributed by atoms with Crippen LogP contribution < -0.4 is 9.47 Å². The fourth-order valence-corrected chi connectivity index (χ4v) is 2.69. The number of benzene rings is 2. The number of rotatable bonds is 7. The van der Waals surface area contributed by atoms with Crippen LogP contribution in [0.3, 0.4) is 0 Å². The summed E-state index contributed by atoms with van der Waals surface area (Å²) >= 11 is 4.80. The van der Waals surface area contributed by atoms with Crippen LogP contribution in [0.5, 0.6) is 11.5 Å². The van der Waals surface area contributed by atoms with Crippen LogP contribution in [-0.2, 0) is 12.6 Å². The second-order valence-electron chi connectivity index (χ2n) is 5.90. The summed E-state index contributed by atoms with van der Waals surface area (Å²) in [6, 6.07) is 14.8. The molecule has 0 unspecified atom stereocenters. The van der Waals surface area contributed by atoms with E-state index in [2.05, 4.69) is 15.3 Å². The molecular formula is C19H17F3N4O2S. The third-order valence-electron chi connectivity index (χ3n) is 3.91. The fourth-order valence-electron chi connectivity index (χ4n) is 2.51. The van der Waals surface area contributed by atoms with Crippen molar-refractivity contribution in [2.45, 2.75) is 12.6 Å². The second kappa shape index (κ2) is 8.91. The molecule has 0 aliphatic heterocycles. The van der Waals surface area contributed by atoms with Gasteiger partial charge in [-0.25, -0.2) is 5.10 Å². The van der Waals surface area contributed by atoms with Gasteiger partial charge in [-0.3, -0.25) is 0 Å². The fraction of sp³-hybridized carbons (Fsp3) is 0.211. The van der Waals surface area contributed by atoms with Gasteiger partial charge >= 0.3 is 6.18 Å². The smallest absolute Gasteiger partial charge is 0.453 e. The van der Waals surface area contributed by atoms with E-state index in [1.807, 2.05) is 30.3 Å². The number of alkyl halides is 3. The van der Waals surface area contributed by atoms with Gasteiger partial charge in [-0.2, -0.15) is 22.9 Å². The Hall–Kier alpha value is -3.14. The highest BCUT2D eigenvalue weighted by Crippen LogP contribution is 2.29. The predicted molar refractivity (Wildman–Crippen MR) is 104 cm³/mol. The maximum absolute atomic E-state index is 12.9. The van der Waals surface area contributed by atoms with Gasteiger partial charge in [-0.05, 0) is 41.5 Å². The molecule has 3 rings (SSSR count). The van der Waals surface area contributed by atoms with Gasteiger partial charge in [0.2, 0.25) is 4.77 Å². The lowest BCUT2D eigenvalue weighted by atomic mass is 10.2. The summed E-state index contributed by atoms with van der Waals surface area (Å²) in [4.78, 5) is 0. The number of hydrogen-bond donors (Lipinski definition) is 1. The Kier molecular flexibility index (Phi) is 6.32. The van der Waals surface area contributed by atoms with Crippen molar-refractivity contribution in [1.82, 2.24) is 14.9 Å². The molecule has 6 nitrogen and oxygen atoms in total. The van der Waals surface area contributed by atoms with Crippen molar-refractivity contribution in [3.05, 3.63) is 70.3 Å². The summed E-state index contributed by atoms with van der Waals surface area (Å²) in [6.45, 7) is 0.451. The van der Waals surface area contributed by atoms with E-state index in [9.17, 15) is 13.2 Å². The van der Waals surface area contributed by atoms with Gasteiger partial charge in [0, 0.05) is 6.42 Å². The monoisotopic (exact) mass is 422 g/mol. The second-order valence-corrected chi connectivity index (χ2v) is 6.29. The standard InChI is InChI=1S/C19H17F3N4O2S/c1-27-16-11-14(12-23-26-17(19(20,21)22)24-25-18(26)29)7-8-15(16)28-10-9-13-5-3-2-4-6-13/h2-8,11-12H,9-10H2,1H3,(H,25,29)/b23-12+. The Morgan fingerprint density at radius 1 is 1.17 bits per heavy atom. The van der Waals surface area contributed by atoms with Gasteiger partial charge in [-0.1, -0.05) is 30.3 Å². The molecule has 0 fully saturated rings. The number of hydrogen-bond acceptors (Lipinski definition) is 5. The SMILES string of the molecule is COc1cc(/C=N/n2c(C(F)(F)F)n[nH]c2=S)ccc1OCCc1ccccc1. The first-order chi connectivity index (χ1) is 13.9. The number of nitrogens with one attached hydrogen (secondary N) is 1. The minimum absolute atomic E-state index is 0.263. The van der Waals surface area contributed by atoms with Gasteiger partial charge in [0.25, 0.3) is 5.82 Å². The van der Waals surface area contributed by atoms with Crippen LogP contribution in [0.2, 0.25) is 0 Å². The van der Waals surface area contributed by atoms with Crippen LogP contribution in [0.1, 0.15) is 17.0 Å². The number of H-pyrrole nitrogens is 1. The Morgan fingerprint density at radius 2 is 1.93 bits per heavy atom. The summed E-state index contributed by atoms with van der Waals surface area (Å²) in [5, 5.41) is 9.04. The maximum Gasteiger partial charge on any atom is 0.453 e. The first-order valence-corrected chi connectivity index (χ1v) is 8.93. The highest BCUT2D eigenvalue weighted by Gasteiger charge is 2.37. The Bertz CT molecular complexity index is 1050. The molecule has 1 aromatic heterocycles. The summed E-state index contributed by atoms with van der Waals surface area (Å²) in [5.74, 6) is -0.267. The minimum Gasteiger partial charge on any atom is -0.493 e. The molecule has 0 aliphatic carbocycles. The minimum atomic E-state index is -4.68. The first kappa shape index (κ1) is 20.6. The van der Waals surface area contributed by atoms with E-state index >= 15 is 0 Å². The molecule has 1 N–H and O–H groups in total. The topological polar surface area (TPSA) is 64.4 Å². The molecule has 0 amide bonds. The molecule has 0 atom stereocenters. The molecule has 0 saturated heterocycles. The van der Waals surface area contributed by atoms with Gasteiger partial charge in [-0.15, -0.1) is 5.10 Å². The molecule has 0 radical (unpaired) electrons. The van der Waals surface area contributed by atoms with Crippen LogP contribution in [0.4, 0.5) is 13.2 Å². The van der Waals surface area contributed by atoms with Crippen molar-refractivity contribution in [3.8, 4) is 11.5 Å². The van der Waals surface area contributed by atoms with Crippen molar-refractivity contribution in [1.29, 1.82) is 0 Å². The van der Waals surface area contributed by atoms with E-state index in [4.69, 9.17) is 21.7 Å². The molecule has 0 aliphatic rings. The van der Waals surface area contributed by atoms with E-state index in [0.717, 1.165) is 12.0 Å². The molecule has 2 aromatic carbocycles. The summed E-state index contributed by atoms with van der Waals surface area (Å²) in [5.41, 5.74) is 1.65. The van der Waals surface area contributed by atoms with Crippen molar-refractivity contribution in [3.63, 3.8) is 0 Å². The van der Waals surface area contributed by atoms with Crippen molar-refractivity contribution in [2.24, 2.45) is 5.10 Å². The predicted octanol–water partition coefficient (Wildman–Crippen LogP) is 4.47. The highest BCUT2D eigenvalue weighted by atomic mass is 32.1. The number of aromatic amines is 1. The number of halogens is 3.